The van der Waals surface area contributed by atoms with Crippen molar-refractivity contribution >= 4 is 44.2 Å². The molecule has 3 rings (SSSR count). The molecule has 24 heavy (non-hydrogen) atoms. The first kappa shape index (κ1) is 17.9. The number of halogens is 2. The Labute approximate surface area is 163 Å². The highest BCUT2D eigenvalue weighted by molar-refractivity contribution is 14.1. The third-order valence-corrected chi connectivity index (χ3v) is 6.13. The van der Waals surface area contributed by atoms with Crippen LogP contribution in [0.25, 0.3) is 0 Å². The normalized spacial score (nSPS) is 21.9. The predicted molar refractivity (Wildman–Crippen MR) is 109 cm³/mol. The molecule has 7 heteroatoms. The van der Waals surface area contributed by atoms with Gasteiger partial charge in [-0.25, -0.2) is 5.10 Å². The number of aromatic amines is 1. The summed E-state index contributed by atoms with van der Waals surface area (Å²) in [6.45, 7) is 8.04. The van der Waals surface area contributed by atoms with E-state index in [1.165, 1.54) is 11.1 Å². The van der Waals surface area contributed by atoms with E-state index in [1.54, 1.807) is 6.20 Å². The number of anilines is 1. The molecule has 0 amide bonds. The van der Waals surface area contributed by atoms with Gasteiger partial charge in [0.25, 0.3) is 5.56 Å². The van der Waals surface area contributed by atoms with Crippen LogP contribution < -0.4 is 10.5 Å². The van der Waals surface area contributed by atoms with Gasteiger partial charge in [0.05, 0.1) is 11.9 Å². The number of nitrogens with one attached hydrogen (secondary N) is 1. The van der Waals surface area contributed by atoms with E-state index in [0.717, 1.165) is 31.9 Å². The number of piperazine rings is 1. The number of nitrogens with zero attached hydrogens (tertiary/aromatic N) is 3. The molecule has 5 nitrogen and oxygen atoms in total. The highest BCUT2D eigenvalue weighted by Crippen LogP contribution is 2.35. The molecule has 0 saturated carbocycles. The summed E-state index contributed by atoms with van der Waals surface area (Å²) in [5, 5.41) is 6.42. The maximum absolute atomic E-state index is 11.8. The molecule has 1 N–H and O–H groups in total. The van der Waals surface area contributed by atoms with Crippen molar-refractivity contribution in [3.63, 3.8) is 0 Å². The van der Waals surface area contributed by atoms with Gasteiger partial charge in [-0.05, 0) is 40.9 Å². The molecule has 1 atom stereocenters. The summed E-state index contributed by atoms with van der Waals surface area (Å²) in [7, 11) is 0. The third-order valence-electron chi connectivity index (χ3n) is 4.44. The zero-order chi connectivity index (χ0) is 17.3. The van der Waals surface area contributed by atoms with Gasteiger partial charge in [0.1, 0.15) is 8.02 Å². The number of rotatable bonds is 3. The lowest BCUT2D eigenvalue weighted by Gasteiger charge is -2.47. The fraction of sp³-hybridized carbons (Fsp3) is 0.412. The standard InChI is InChI=1S/C17H20BrIN4O/c1-12-5-3-4-6-13(12)10-22-7-8-23(17(2,19)11-22)14-9-20-21-16(24)15(14)18/h3-6,9H,7-8,10-11H2,1-2H3,(H,21,24). The lowest BCUT2D eigenvalue weighted by atomic mass is 10.1. The zero-order valence-corrected chi connectivity index (χ0v) is 17.5. The summed E-state index contributed by atoms with van der Waals surface area (Å²) in [5.41, 5.74) is 3.36. The molecule has 2 heterocycles. The SMILES string of the molecule is Cc1ccccc1CN1CCN(c2cn[nH]c(=O)c2Br)C(C)(I)C1. The molecule has 1 fully saturated rings. The molecular weight excluding hydrogens is 483 g/mol. The zero-order valence-electron chi connectivity index (χ0n) is 13.7. The summed E-state index contributed by atoms with van der Waals surface area (Å²) >= 11 is 5.88. The average molecular weight is 503 g/mol. The van der Waals surface area contributed by atoms with E-state index in [4.69, 9.17) is 0 Å². The van der Waals surface area contributed by atoms with Crippen molar-refractivity contribution in [2.45, 2.75) is 23.9 Å². The highest BCUT2D eigenvalue weighted by atomic mass is 127. The van der Waals surface area contributed by atoms with Crippen LogP contribution in [0.3, 0.4) is 0 Å². The number of hydrogen-bond donors (Lipinski definition) is 1. The lowest BCUT2D eigenvalue weighted by Crippen LogP contribution is -2.57. The Bertz CT molecular complexity index is 792. The second-order valence-electron chi connectivity index (χ2n) is 6.33. The van der Waals surface area contributed by atoms with E-state index in [2.05, 4.69) is 96.6 Å². The number of benzene rings is 1. The number of aryl methyl sites for hydroxylation is 1. The Morgan fingerprint density at radius 3 is 2.83 bits per heavy atom. The molecule has 2 aromatic rings. The quantitative estimate of drug-likeness (QED) is 0.397. The van der Waals surface area contributed by atoms with Crippen molar-refractivity contribution in [2.75, 3.05) is 24.5 Å². The minimum absolute atomic E-state index is 0.114. The Morgan fingerprint density at radius 2 is 2.12 bits per heavy atom. The van der Waals surface area contributed by atoms with E-state index in [9.17, 15) is 4.79 Å². The number of hydrogen-bond acceptors (Lipinski definition) is 4. The molecule has 1 unspecified atom stereocenters. The van der Waals surface area contributed by atoms with Gasteiger partial charge in [-0.15, -0.1) is 0 Å². The molecule has 1 aromatic heterocycles. The van der Waals surface area contributed by atoms with Crippen LogP contribution in [0, 0.1) is 6.92 Å². The number of aromatic nitrogens is 2. The van der Waals surface area contributed by atoms with Crippen molar-refractivity contribution in [2.24, 2.45) is 0 Å². The van der Waals surface area contributed by atoms with Crippen LogP contribution in [-0.4, -0.2) is 38.3 Å². The molecule has 0 aliphatic carbocycles. The molecule has 0 spiro atoms. The van der Waals surface area contributed by atoms with Gasteiger partial charge in [0, 0.05) is 26.2 Å². The van der Waals surface area contributed by atoms with Crippen molar-refractivity contribution < 1.29 is 0 Å². The Hall–Kier alpha value is -0.930. The van der Waals surface area contributed by atoms with Crippen LogP contribution in [0.4, 0.5) is 5.69 Å². The molecule has 1 aliphatic heterocycles. The Morgan fingerprint density at radius 1 is 1.38 bits per heavy atom. The van der Waals surface area contributed by atoms with Crippen LogP contribution in [0.15, 0.2) is 39.7 Å². The Kier molecular flexibility index (Phi) is 5.31. The molecule has 128 valence electrons. The van der Waals surface area contributed by atoms with Crippen LogP contribution in [-0.2, 0) is 6.54 Å². The van der Waals surface area contributed by atoms with E-state index < -0.39 is 0 Å². The topological polar surface area (TPSA) is 52.2 Å². The third kappa shape index (κ3) is 3.67. The van der Waals surface area contributed by atoms with Crippen LogP contribution in [0.1, 0.15) is 18.1 Å². The molecule has 1 saturated heterocycles. The summed E-state index contributed by atoms with van der Waals surface area (Å²) in [6.07, 6.45) is 1.72. The minimum atomic E-state index is -0.193. The number of H-pyrrole nitrogens is 1. The summed E-state index contributed by atoms with van der Waals surface area (Å²) < 4.78 is 0.434. The average Bonchev–Trinajstić information content (AvgIpc) is 2.52. The van der Waals surface area contributed by atoms with Gasteiger partial charge in [-0.2, -0.15) is 5.10 Å². The molecule has 1 aliphatic rings. The maximum atomic E-state index is 11.8. The first-order valence-corrected chi connectivity index (χ1v) is 9.72. The van der Waals surface area contributed by atoms with Gasteiger partial charge in [0.15, 0.2) is 0 Å². The molecule has 1 aromatic carbocycles. The van der Waals surface area contributed by atoms with Crippen molar-refractivity contribution in [1.82, 2.24) is 15.1 Å². The highest BCUT2D eigenvalue weighted by Gasteiger charge is 2.36. The van der Waals surface area contributed by atoms with E-state index >= 15 is 0 Å². The smallest absolute Gasteiger partial charge is 0.280 e. The summed E-state index contributed by atoms with van der Waals surface area (Å²) in [4.78, 5) is 16.6. The first-order valence-electron chi connectivity index (χ1n) is 7.85. The van der Waals surface area contributed by atoms with Gasteiger partial charge >= 0.3 is 0 Å². The van der Waals surface area contributed by atoms with Gasteiger partial charge < -0.3 is 4.90 Å². The van der Waals surface area contributed by atoms with E-state index in [0.29, 0.717) is 4.47 Å². The first-order chi connectivity index (χ1) is 11.4. The molecule has 0 bridgehead atoms. The fourth-order valence-corrected chi connectivity index (χ4v) is 4.53. The van der Waals surface area contributed by atoms with E-state index in [1.807, 2.05) is 0 Å². The van der Waals surface area contributed by atoms with Gasteiger partial charge in [-0.1, -0.05) is 46.9 Å². The maximum Gasteiger partial charge on any atom is 0.280 e. The van der Waals surface area contributed by atoms with Crippen molar-refractivity contribution in [3.05, 3.63) is 56.4 Å². The minimum Gasteiger partial charge on any atom is -0.352 e. The van der Waals surface area contributed by atoms with Crippen molar-refractivity contribution in [3.8, 4) is 0 Å². The predicted octanol–water partition coefficient (Wildman–Crippen LogP) is 3.31. The van der Waals surface area contributed by atoms with Gasteiger partial charge in [0.2, 0.25) is 0 Å². The molecular formula is C17H20BrIN4O. The monoisotopic (exact) mass is 502 g/mol. The second-order valence-corrected chi connectivity index (χ2v) is 9.45. The lowest BCUT2D eigenvalue weighted by molar-refractivity contribution is 0.214. The van der Waals surface area contributed by atoms with Crippen molar-refractivity contribution in [1.29, 1.82) is 0 Å². The van der Waals surface area contributed by atoms with Crippen LogP contribution in [0.5, 0.6) is 0 Å². The molecule has 0 radical (unpaired) electrons. The Balaban J connectivity index is 1.79. The second kappa shape index (κ2) is 7.13. The summed E-state index contributed by atoms with van der Waals surface area (Å²) in [5.74, 6) is 0. The van der Waals surface area contributed by atoms with Gasteiger partial charge in [-0.3, -0.25) is 9.69 Å². The van der Waals surface area contributed by atoms with E-state index in [-0.39, 0.29) is 9.10 Å². The largest absolute Gasteiger partial charge is 0.352 e. The summed E-state index contributed by atoms with van der Waals surface area (Å²) in [6, 6.07) is 8.54. The van der Waals surface area contributed by atoms with Crippen LogP contribution in [0.2, 0.25) is 0 Å². The fourth-order valence-electron chi connectivity index (χ4n) is 3.14. The number of alkyl halides is 1. The van der Waals surface area contributed by atoms with Crippen LogP contribution >= 0.6 is 38.5 Å².